The Bertz CT molecular complexity index is 657. The zero-order chi connectivity index (χ0) is 17.0. The van der Waals surface area contributed by atoms with E-state index in [1.165, 1.54) is 0 Å². The number of aromatic nitrogens is 2. The molecule has 1 heterocycles. The smallest absolute Gasteiger partial charge is 0.387 e. The lowest BCUT2D eigenvalue weighted by atomic mass is 9.99. The Balaban J connectivity index is 2.02. The van der Waals surface area contributed by atoms with Crippen LogP contribution in [0, 0.1) is 6.92 Å². The second kappa shape index (κ2) is 7.06. The quantitative estimate of drug-likeness (QED) is 0.820. The number of aliphatic hydroxyl groups is 1. The number of nitrogens with zero attached hydrogens (tertiary/aromatic N) is 2. The fourth-order valence-electron chi connectivity index (χ4n) is 2.35. The topological polar surface area (TPSA) is 59.3 Å². The number of rotatable bonds is 7. The van der Waals surface area contributed by atoms with Crippen LogP contribution >= 0.6 is 0 Å². The van der Waals surface area contributed by atoms with Gasteiger partial charge in [-0.1, -0.05) is 18.2 Å². The second-order valence-electron chi connectivity index (χ2n) is 5.72. The van der Waals surface area contributed by atoms with Crippen molar-refractivity contribution in [1.29, 1.82) is 0 Å². The van der Waals surface area contributed by atoms with Crippen LogP contribution in [0.1, 0.15) is 23.6 Å². The number of para-hydroxylation sites is 1. The molecule has 126 valence electrons. The van der Waals surface area contributed by atoms with Crippen LogP contribution in [0.4, 0.5) is 8.78 Å². The van der Waals surface area contributed by atoms with Crippen LogP contribution in [-0.2, 0) is 19.2 Å². The van der Waals surface area contributed by atoms with Crippen molar-refractivity contribution < 1.29 is 18.6 Å². The summed E-state index contributed by atoms with van der Waals surface area (Å²) in [5.41, 5.74) is 0.832. The number of benzene rings is 1. The lowest BCUT2D eigenvalue weighted by Gasteiger charge is -2.23. The Morgan fingerprint density at radius 1 is 1.43 bits per heavy atom. The molecule has 0 bridgehead atoms. The molecular formula is C16H21F2N3O2. The number of halogens is 2. The summed E-state index contributed by atoms with van der Waals surface area (Å²) >= 11 is 0. The second-order valence-corrected chi connectivity index (χ2v) is 5.72. The van der Waals surface area contributed by atoms with Crippen molar-refractivity contribution >= 4 is 0 Å². The van der Waals surface area contributed by atoms with Crippen molar-refractivity contribution in [2.45, 2.75) is 32.6 Å². The van der Waals surface area contributed by atoms with Crippen molar-refractivity contribution in [1.82, 2.24) is 15.1 Å². The van der Waals surface area contributed by atoms with Gasteiger partial charge in [0.2, 0.25) is 0 Å². The molecule has 2 N–H and O–H groups in total. The summed E-state index contributed by atoms with van der Waals surface area (Å²) in [6, 6.07) is 5.22. The molecule has 1 aromatic carbocycles. The molecule has 23 heavy (non-hydrogen) atoms. The maximum atomic E-state index is 12.5. The molecular weight excluding hydrogens is 304 g/mol. The third-order valence-electron chi connectivity index (χ3n) is 3.61. The molecule has 1 unspecified atom stereocenters. The first-order valence-electron chi connectivity index (χ1n) is 7.25. The minimum Gasteiger partial charge on any atom is -0.434 e. The summed E-state index contributed by atoms with van der Waals surface area (Å²) in [5, 5.41) is 17.6. The van der Waals surface area contributed by atoms with E-state index >= 15 is 0 Å². The summed E-state index contributed by atoms with van der Waals surface area (Å²) in [5.74, 6) is 0.177. The Morgan fingerprint density at radius 3 is 2.78 bits per heavy atom. The molecule has 7 heteroatoms. The van der Waals surface area contributed by atoms with Gasteiger partial charge in [0.15, 0.2) is 0 Å². The predicted molar refractivity (Wildman–Crippen MR) is 82.3 cm³/mol. The van der Waals surface area contributed by atoms with Gasteiger partial charge in [0.25, 0.3) is 0 Å². The van der Waals surface area contributed by atoms with E-state index in [-0.39, 0.29) is 12.3 Å². The predicted octanol–water partition coefficient (Wildman–Crippen LogP) is 2.33. The maximum Gasteiger partial charge on any atom is 0.387 e. The third kappa shape index (κ3) is 4.49. The number of hydrogen-bond acceptors (Lipinski definition) is 4. The molecule has 0 aliphatic rings. The molecule has 1 atom stereocenters. The van der Waals surface area contributed by atoms with Crippen LogP contribution in [0.25, 0.3) is 0 Å². The Labute approximate surface area is 133 Å². The molecule has 0 saturated carbocycles. The summed E-state index contributed by atoms with van der Waals surface area (Å²) in [4.78, 5) is 0. The van der Waals surface area contributed by atoms with Gasteiger partial charge >= 0.3 is 6.61 Å². The van der Waals surface area contributed by atoms with Gasteiger partial charge in [0.1, 0.15) is 11.4 Å². The van der Waals surface area contributed by atoms with Gasteiger partial charge in [-0.3, -0.25) is 4.68 Å². The van der Waals surface area contributed by atoms with Crippen LogP contribution < -0.4 is 10.1 Å². The molecule has 0 spiro atoms. The van der Waals surface area contributed by atoms with E-state index < -0.39 is 12.2 Å². The number of ether oxygens (including phenoxy) is 1. The highest BCUT2D eigenvalue weighted by molar-refractivity contribution is 5.40. The summed E-state index contributed by atoms with van der Waals surface area (Å²) in [6.07, 6.45) is 3.33. The number of hydrogen-bond donors (Lipinski definition) is 2. The Morgan fingerprint density at radius 2 is 2.17 bits per heavy atom. The van der Waals surface area contributed by atoms with Gasteiger partial charge in [-0.15, -0.1) is 0 Å². The van der Waals surface area contributed by atoms with Crippen molar-refractivity contribution in [3.63, 3.8) is 0 Å². The Hall–Kier alpha value is -1.99. The normalized spacial score (nSPS) is 14.0. The highest BCUT2D eigenvalue weighted by Gasteiger charge is 2.24. The number of aryl methyl sites for hydroxylation is 2. The minimum absolute atomic E-state index is 0.177. The Kier molecular flexibility index (Phi) is 5.33. The van der Waals surface area contributed by atoms with E-state index in [2.05, 4.69) is 15.2 Å². The van der Waals surface area contributed by atoms with E-state index in [0.717, 1.165) is 0 Å². The van der Waals surface area contributed by atoms with Crippen LogP contribution in [-0.4, -0.2) is 28.0 Å². The van der Waals surface area contributed by atoms with Crippen LogP contribution in [0.3, 0.4) is 0 Å². The van der Waals surface area contributed by atoms with Gasteiger partial charge < -0.3 is 15.2 Å². The lowest BCUT2D eigenvalue weighted by Crippen LogP contribution is -2.35. The first-order chi connectivity index (χ1) is 10.8. The van der Waals surface area contributed by atoms with Crippen molar-refractivity contribution in [2.24, 2.45) is 7.05 Å². The van der Waals surface area contributed by atoms with Crippen LogP contribution in [0.5, 0.6) is 5.75 Å². The minimum atomic E-state index is -2.87. The molecule has 2 rings (SSSR count). The molecule has 0 aliphatic heterocycles. The zero-order valence-electron chi connectivity index (χ0n) is 13.4. The first-order valence-corrected chi connectivity index (χ1v) is 7.25. The van der Waals surface area contributed by atoms with Crippen LogP contribution in [0.15, 0.2) is 30.6 Å². The van der Waals surface area contributed by atoms with Crippen molar-refractivity contribution in [2.75, 3.05) is 6.54 Å². The van der Waals surface area contributed by atoms with Gasteiger partial charge in [-0.05, 0) is 19.4 Å². The maximum absolute atomic E-state index is 12.5. The molecule has 0 fully saturated rings. The van der Waals surface area contributed by atoms with Crippen LogP contribution in [0.2, 0.25) is 0 Å². The number of nitrogens with one attached hydrogen (secondary N) is 1. The molecule has 5 nitrogen and oxygen atoms in total. The zero-order valence-corrected chi connectivity index (χ0v) is 13.4. The van der Waals surface area contributed by atoms with Gasteiger partial charge in [-0.2, -0.15) is 13.9 Å². The highest BCUT2D eigenvalue weighted by atomic mass is 19.3. The molecule has 0 aliphatic carbocycles. The summed E-state index contributed by atoms with van der Waals surface area (Å²) in [6.45, 7) is 1.07. The molecule has 1 aromatic heterocycles. The van der Waals surface area contributed by atoms with Gasteiger partial charge in [-0.25, -0.2) is 0 Å². The summed E-state index contributed by atoms with van der Waals surface area (Å²) < 4.78 is 31.3. The molecule has 0 amide bonds. The van der Waals surface area contributed by atoms with E-state index in [9.17, 15) is 13.9 Å². The van der Waals surface area contributed by atoms with E-state index in [1.807, 2.05) is 0 Å². The third-order valence-corrected chi connectivity index (χ3v) is 3.61. The fourth-order valence-corrected chi connectivity index (χ4v) is 2.35. The average molecular weight is 325 g/mol. The fraction of sp³-hybridized carbons (Fsp3) is 0.438. The average Bonchev–Trinajstić information content (AvgIpc) is 2.89. The highest BCUT2D eigenvalue weighted by Crippen LogP contribution is 2.25. The van der Waals surface area contributed by atoms with Gasteiger partial charge in [0, 0.05) is 37.5 Å². The van der Waals surface area contributed by atoms with Gasteiger partial charge in [0.05, 0.1) is 6.20 Å². The number of alkyl halides is 2. The van der Waals surface area contributed by atoms with Crippen molar-refractivity contribution in [3.8, 4) is 5.75 Å². The van der Waals surface area contributed by atoms with E-state index in [1.54, 1.807) is 56.2 Å². The monoisotopic (exact) mass is 325 g/mol. The largest absolute Gasteiger partial charge is 0.434 e. The van der Waals surface area contributed by atoms with Crippen molar-refractivity contribution in [3.05, 3.63) is 47.3 Å². The SMILES string of the molecule is Cc1cccc(CNCC(C)(O)c2cnn(C)c2)c1OC(F)F. The molecule has 0 radical (unpaired) electrons. The standard InChI is InChI=1S/C16H21F2N3O2/c1-11-5-4-6-12(14(11)23-15(17)18)7-19-10-16(2,22)13-8-20-21(3)9-13/h4-6,8-9,15,19,22H,7,10H2,1-3H3. The molecule has 0 saturated heterocycles. The van der Waals surface area contributed by atoms with E-state index in [0.29, 0.717) is 23.2 Å². The first kappa shape index (κ1) is 17.4. The molecule has 2 aromatic rings. The summed E-state index contributed by atoms with van der Waals surface area (Å²) in [7, 11) is 1.77. The lowest BCUT2D eigenvalue weighted by molar-refractivity contribution is -0.0510. The van der Waals surface area contributed by atoms with E-state index in [4.69, 9.17) is 0 Å².